The van der Waals surface area contributed by atoms with Gasteiger partial charge in [0.25, 0.3) is 0 Å². The minimum Gasteiger partial charge on any atom is -0.492 e. The largest absolute Gasteiger partial charge is 0.492 e. The Morgan fingerprint density at radius 3 is 2.75 bits per heavy atom. The lowest BCUT2D eigenvalue weighted by Gasteiger charge is -2.12. The highest BCUT2D eigenvalue weighted by Crippen LogP contribution is 2.28. The first kappa shape index (κ1) is 14.3. The highest BCUT2D eigenvalue weighted by molar-refractivity contribution is 9.10. The second-order valence-corrected chi connectivity index (χ2v) is 5.88. The van der Waals surface area contributed by atoms with Gasteiger partial charge < -0.3 is 4.74 Å². The average molecular weight is 371 g/mol. The summed E-state index contributed by atoms with van der Waals surface area (Å²) in [6, 6.07) is 5.57. The Morgan fingerprint density at radius 2 is 2.12 bits per heavy atom. The van der Waals surface area contributed by atoms with Crippen molar-refractivity contribution in [1.82, 2.24) is 0 Å². The van der Waals surface area contributed by atoms with E-state index >= 15 is 0 Å². The van der Waals surface area contributed by atoms with Crippen LogP contribution >= 0.6 is 43.5 Å². The summed E-state index contributed by atoms with van der Waals surface area (Å²) < 4.78 is 6.60. The molecule has 0 N–H and O–H groups in total. The smallest absolute Gasteiger partial charge is 0.133 e. The lowest BCUT2D eigenvalue weighted by atomic mass is 10.1. The predicted molar refractivity (Wildman–Crippen MR) is 76.8 cm³/mol. The fourth-order valence-corrected chi connectivity index (χ4v) is 2.87. The van der Waals surface area contributed by atoms with Crippen LogP contribution in [0.5, 0.6) is 5.75 Å². The number of hydrogen-bond donors (Lipinski definition) is 0. The van der Waals surface area contributed by atoms with Gasteiger partial charge in [-0.3, -0.25) is 0 Å². The first-order valence-corrected chi connectivity index (χ1v) is 7.56. The van der Waals surface area contributed by atoms with Crippen molar-refractivity contribution in [3.63, 3.8) is 0 Å². The molecule has 0 amide bonds. The Hall–Kier alpha value is 0.270. The number of alkyl halides is 1. The fourth-order valence-electron chi connectivity index (χ4n) is 1.29. The maximum atomic E-state index is 5.85. The van der Waals surface area contributed by atoms with E-state index < -0.39 is 0 Å². The van der Waals surface area contributed by atoms with E-state index in [1.807, 2.05) is 18.2 Å². The van der Waals surface area contributed by atoms with Crippen molar-refractivity contribution < 1.29 is 4.74 Å². The third-order valence-corrected chi connectivity index (χ3v) is 3.68. The molecule has 1 atom stereocenters. The Kier molecular flexibility index (Phi) is 6.78. The molecule has 1 aromatic rings. The topological polar surface area (TPSA) is 9.23 Å². The molecule has 0 aromatic heterocycles. The van der Waals surface area contributed by atoms with Crippen LogP contribution in [0.25, 0.3) is 0 Å². The molecule has 0 saturated heterocycles. The summed E-state index contributed by atoms with van der Waals surface area (Å²) in [6.07, 6.45) is 2.26. The Bertz CT molecular complexity index is 331. The third kappa shape index (κ3) is 5.07. The van der Waals surface area contributed by atoms with Crippen LogP contribution < -0.4 is 4.74 Å². The van der Waals surface area contributed by atoms with Crippen molar-refractivity contribution in [3.8, 4) is 5.75 Å². The van der Waals surface area contributed by atoms with Gasteiger partial charge in [-0.05, 0) is 52.9 Å². The summed E-state index contributed by atoms with van der Waals surface area (Å²) in [4.78, 5) is 0. The summed E-state index contributed by atoms with van der Waals surface area (Å²) in [5, 5.41) is 1.77. The van der Waals surface area contributed by atoms with Gasteiger partial charge in [-0.2, -0.15) is 0 Å². The molecular formula is C12H15Br2ClO. The van der Waals surface area contributed by atoms with Crippen molar-refractivity contribution >= 4 is 43.5 Å². The number of benzene rings is 1. The zero-order valence-electron chi connectivity index (χ0n) is 9.18. The molecule has 0 aliphatic heterocycles. The average Bonchev–Trinajstić information content (AvgIpc) is 2.22. The second-order valence-electron chi connectivity index (χ2n) is 3.79. The lowest BCUT2D eigenvalue weighted by Crippen LogP contribution is -2.04. The third-order valence-electron chi connectivity index (χ3n) is 2.36. The van der Waals surface area contributed by atoms with Gasteiger partial charge in [0.05, 0.1) is 11.1 Å². The molecule has 0 aliphatic rings. The molecule has 4 heteroatoms. The molecule has 16 heavy (non-hydrogen) atoms. The van der Waals surface area contributed by atoms with E-state index in [0.29, 0.717) is 10.9 Å². The predicted octanol–water partition coefficient (Wildman–Crippen LogP) is 5.29. The molecule has 0 bridgehead atoms. The minimum absolute atomic E-state index is 0.686. The Morgan fingerprint density at radius 1 is 1.38 bits per heavy atom. The SMILES string of the molecule is CC(CCBr)CCOc1ccc(Cl)cc1Br. The number of halogens is 3. The number of rotatable bonds is 6. The molecule has 0 fully saturated rings. The highest BCUT2D eigenvalue weighted by Gasteiger charge is 2.04. The zero-order chi connectivity index (χ0) is 12.0. The molecule has 1 nitrogen and oxygen atoms in total. The fraction of sp³-hybridized carbons (Fsp3) is 0.500. The minimum atomic E-state index is 0.686. The summed E-state index contributed by atoms with van der Waals surface area (Å²) in [5.41, 5.74) is 0. The zero-order valence-corrected chi connectivity index (χ0v) is 13.1. The van der Waals surface area contributed by atoms with E-state index in [1.165, 1.54) is 6.42 Å². The quantitative estimate of drug-likeness (QED) is 0.618. The molecule has 0 saturated carbocycles. The van der Waals surface area contributed by atoms with E-state index in [4.69, 9.17) is 16.3 Å². The highest BCUT2D eigenvalue weighted by atomic mass is 79.9. The van der Waals surface area contributed by atoms with Crippen LogP contribution in [0.1, 0.15) is 19.8 Å². The molecule has 1 aromatic carbocycles. The van der Waals surface area contributed by atoms with Gasteiger partial charge >= 0.3 is 0 Å². The van der Waals surface area contributed by atoms with Gasteiger partial charge in [-0.15, -0.1) is 0 Å². The van der Waals surface area contributed by atoms with Crippen molar-refractivity contribution in [2.75, 3.05) is 11.9 Å². The molecule has 0 aliphatic carbocycles. The van der Waals surface area contributed by atoms with Crippen molar-refractivity contribution in [1.29, 1.82) is 0 Å². The van der Waals surface area contributed by atoms with E-state index in [-0.39, 0.29) is 0 Å². The summed E-state index contributed by atoms with van der Waals surface area (Å²) in [5.74, 6) is 1.54. The molecule has 1 rings (SSSR count). The molecule has 1 unspecified atom stereocenters. The van der Waals surface area contributed by atoms with Gasteiger partial charge in [0.15, 0.2) is 0 Å². The lowest BCUT2D eigenvalue weighted by molar-refractivity contribution is 0.281. The van der Waals surface area contributed by atoms with Crippen LogP contribution in [0.3, 0.4) is 0 Å². The maximum Gasteiger partial charge on any atom is 0.133 e. The van der Waals surface area contributed by atoms with Crippen molar-refractivity contribution in [3.05, 3.63) is 27.7 Å². The van der Waals surface area contributed by atoms with E-state index in [9.17, 15) is 0 Å². The van der Waals surface area contributed by atoms with Gasteiger partial charge in [0, 0.05) is 10.4 Å². The summed E-state index contributed by atoms with van der Waals surface area (Å²) in [7, 11) is 0. The van der Waals surface area contributed by atoms with Gasteiger partial charge in [-0.25, -0.2) is 0 Å². The summed E-state index contributed by atoms with van der Waals surface area (Å²) >= 11 is 12.7. The summed E-state index contributed by atoms with van der Waals surface area (Å²) in [6.45, 7) is 2.98. The normalized spacial score (nSPS) is 12.5. The molecular weight excluding hydrogens is 355 g/mol. The number of ether oxygens (including phenoxy) is 1. The molecule has 0 radical (unpaired) electrons. The van der Waals surface area contributed by atoms with Crippen LogP contribution in [-0.4, -0.2) is 11.9 Å². The molecule has 0 spiro atoms. The van der Waals surface area contributed by atoms with Crippen molar-refractivity contribution in [2.45, 2.75) is 19.8 Å². The second kappa shape index (κ2) is 7.57. The first-order chi connectivity index (χ1) is 7.63. The van der Waals surface area contributed by atoms with E-state index in [1.54, 1.807) is 0 Å². The molecule has 90 valence electrons. The van der Waals surface area contributed by atoms with Gasteiger partial charge in [0.1, 0.15) is 5.75 Å². The molecule has 0 heterocycles. The van der Waals surface area contributed by atoms with Crippen LogP contribution in [0.4, 0.5) is 0 Å². The Balaban J connectivity index is 2.37. The maximum absolute atomic E-state index is 5.85. The van der Waals surface area contributed by atoms with Crippen LogP contribution in [0.2, 0.25) is 5.02 Å². The van der Waals surface area contributed by atoms with E-state index in [0.717, 1.165) is 28.6 Å². The number of hydrogen-bond acceptors (Lipinski definition) is 1. The van der Waals surface area contributed by atoms with Crippen LogP contribution in [0, 0.1) is 5.92 Å². The van der Waals surface area contributed by atoms with Crippen molar-refractivity contribution in [2.24, 2.45) is 5.92 Å². The first-order valence-electron chi connectivity index (χ1n) is 5.27. The van der Waals surface area contributed by atoms with Gasteiger partial charge in [-0.1, -0.05) is 34.5 Å². The van der Waals surface area contributed by atoms with Crippen LogP contribution in [-0.2, 0) is 0 Å². The van der Waals surface area contributed by atoms with Gasteiger partial charge in [0.2, 0.25) is 0 Å². The Labute approximate surface area is 119 Å². The standard InChI is InChI=1S/C12H15Br2ClO/c1-9(4-6-13)5-7-16-12-3-2-10(15)8-11(12)14/h2-3,8-9H,4-7H2,1H3. The van der Waals surface area contributed by atoms with E-state index in [2.05, 4.69) is 38.8 Å². The van der Waals surface area contributed by atoms with Crippen LogP contribution in [0.15, 0.2) is 22.7 Å². The monoisotopic (exact) mass is 368 g/mol.